The quantitative estimate of drug-likeness (QED) is 0.155. The average Bonchev–Trinajstić information content (AvgIpc) is 3.04. The third-order valence-electron chi connectivity index (χ3n) is 5.65. The summed E-state index contributed by atoms with van der Waals surface area (Å²) in [4.78, 5) is 18.4. The van der Waals surface area contributed by atoms with Gasteiger partial charge in [-0.25, -0.2) is 4.99 Å². The molecule has 1 amide bonds. The minimum atomic E-state index is 0. The second-order valence-electron chi connectivity index (χ2n) is 8.04. The summed E-state index contributed by atoms with van der Waals surface area (Å²) in [6, 6.07) is 8.32. The van der Waals surface area contributed by atoms with Crippen LogP contribution < -0.4 is 20.9 Å². The van der Waals surface area contributed by atoms with Crippen LogP contribution in [0.1, 0.15) is 51.0 Å². The second-order valence-corrected chi connectivity index (χ2v) is 8.04. The Morgan fingerprint density at radius 2 is 1.90 bits per heavy atom. The van der Waals surface area contributed by atoms with E-state index in [9.17, 15) is 4.79 Å². The molecule has 174 valence electrons. The summed E-state index contributed by atoms with van der Waals surface area (Å²) < 4.78 is 6.05. The van der Waals surface area contributed by atoms with Crippen molar-refractivity contribution in [1.29, 1.82) is 0 Å². The Bertz CT molecular complexity index is 675. The third kappa shape index (κ3) is 9.22. The van der Waals surface area contributed by atoms with Crippen molar-refractivity contribution in [2.75, 3.05) is 44.2 Å². The highest BCUT2D eigenvalue weighted by Crippen LogP contribution is 2.19. The highest BCUT2D eigenvalue weighted by atomic mass is 127. The lowest BCUT2D eigenvalue weighted by molar-refractivity contribution is -0.120. The molecule has 0 aromatic heterocycles. The SMILES string of the molecule is CCNC(=NCc1ccc(N2CCNC(=O)C2)cc1)NCCOC1CCCCCC1.I. The summed E-state index contributed by atoms with van der Waals surface area (Å²) in [5.41, 5.74) is 2.23. The van der Waals surface area contributed by atoms with Crippen LogP contribution in [-0.2, 0) is 16.1 Å². The summed E-state index contributed by atoms with van der Waals surface area (Å²) in [5.74, 6) is 0.901. The van der Waals surface area contributed by atoms with Gasteiger partial charge in [0, 0.05) is 31.9 Å². The zero-order valence-corrected chi connectivity index (χ0v) is 21.0. The summed E-state index contributed by atoms with van der Waals surface area (Å²) in [5, 5.41) is 9.53. The zero-order chi connectivity index (χ0) is 21.0. The molecule has 3 rings (SSSR count). The van der Waals surface area contributed by atoms with Gasteiger partial charge in [0.25, 0.3) is 0 Å². The Morgan fingerprint density at radius 3 is 2.58 bits per heavy atom. The normalized spacial score (nSPS) is 18.0. The van der Waals surface area contributed by atoms with Crippen LogP contribution in [0.15, 0.2) is 29.3 Å². The Balaban J connectivity index is 0.00000341. The number of hydrogen-bond acceptors (Lipinski definition) is 4. The second kappa shape index (κ2) is 14.5. The lowest BCUT2D eigenvalue weighted by atomic mass is 10.1. The van der Waals surface area contributed by atoms with Crippen molar-refractivity contribution < 1.29 is 9.53 Å². The van der Waals surface area contributed by atoms with Gasteiger partial charge in [0.2, 0.25) is 5.91 Å². The number of carbonyl (C=O) groups excluding carboxylic acids is 1. The predicted molar refractivity (Wildman–Crippen MR) is 137 cm³/mol. The summed E-state index contributed by atoms with van der Waals surface area (Å²) in [7, 11) is 0. The number of amides is 1. The van der Waals surface area contributed by atoms with E-state index in [-0.39, 0.29) is 29.9 Å². The molecule has 2 fully saturated rings. The number of ether oxygens (including phenoxy) is 1. The largest absolute Gasteiger partial charge is 0.376 e. The Kier molecular flexibility index (Phi) is 12.0. The minimum absolute atomic E-state index is 0. The molecule has 0 atom stereocenters. The van der Waals surface area contributed by atoms with E-state index in [0.29, 0.717) is 32.3 Å². The van der Waals surface area contributed by atoms with Crippen molar-refractivity contribution in [2.24, 2.45) is 4.99 Å². The first-order valence-corrected chi connectivity index (χ1v) is 11.5. The highest BCUT2D eigenvalue weighted by Gasteiger charge is 2.16. The lowest BCUT2D eigenvalue weighted by Gasteiger charge is -2.28. The summed E-state index contributed by atoms with van der Waals surface area (Å²) in [6.07, 6.45) is 8.13. The van der Waals surface area contributed by atoms with E-state index >= 15 is 0 Å². The molecular weight excluding hydrogens is 505 g/mol. The van der Waals surface area contributed by atoms with E-state index in [4.69, 9.17) is 9.73 Å². The zero-order valence-electron chi connectivity index (χ0n) is 18.7. The van der Waals surface area contributed by atoms with E-state index < -0.39 is 0 Å². The van der Waals surface area contributed by atoms with Crippen LogP contribution in [0, 0.1) is 0 Å². The molecule has 8 heteroatoms. The predicted octanol–water partition coefficient (Wildman–Crippen LogP) is 3.04. The summed E-state index contributed by atoms with van der Waals surface area (Å²) >= 11 is 0. The first-order valence-electron chi connectivity index (χ1n) is 11.5. The number of anilines is 1. The lowest BCUT2D eigenvalue weighted by Crippen LogP contribution is -2.47. The first kappa shape index (κ1) is 25.7. The number of guanidine groups is 1. The molecule has 3 N–H and O–H groups in total. The van der Waals surface area contributed by atoms with E-state index in [2.05, 4.69) is 52.0 Å². The summed E-state index contributed by atoms with van der Waals surface area (Å²) in [6.45, 7) is 6.96. The van der Waals surface area contributed by atoms with Crippen LogP contribution in [0.3, 0.4) is 0 Å². The average molecular weight is 543 g/mol. The number of carbonyl (C=O) groups is 1. The number of rotatable bonds is 8. The molecular formula is C23H38IN5O2. The van der Waals surface area contributed by atoms with Crippen LogP contribution in [-0.4, -0.2) is 57.3 Å². The van der Waals surface area contributed by atoms with Gasteiger partial charge in [0.05, 0.1) is 25.8 Å². The molecule has 1 saturated carbocycles. The topological polar surface area (TPSA) is 78.0 Å². The van der Waals surface area contributed by atoms with Crippen molar-refractivity contribution in [2.45, 2.75) is 58.1 Å². The van der Waals surface area contributed by atoms with E-state index in [1.807, 2.05) is 0 Å². The van der Waals surface area contributed by atoms with Crippen molar-refractivity contribution in [3.8, 4) is 0 Å². The molecule has 1 saturated heterocycles. The van der Waals surface area contributed by atoms with Crippen LogP contribution in [0.2, 0.25) is 0 Å². The van der Waals surface area contributed by atoms with Gasteiger partial charge in [-0.1, -0.05) is 37.8 Å². The number of aliphatic imine (C=N–C) groups is 1. The Morgan fingerprint density at radius 1 is 1.16 bits per heavy atom. The number of halogens is 1. The Labute approximate surface area is 203 Å². The molecule has 1 heterocycles. The van der Waals surface area contributed by atoms with Gasteiger partial charge in [-0.2, -0.15) is 0 Å². The Hall–Kier alpha value is -1.55. The number of benzene rings is 1. The number of piperazine rings is 1. The maximum absolute atomic E-state index is 11.6. The monoisotopic (exact) mass is 543 g/mol. The number of nitrogens with zero attached hydrogens (tertiary/aromatic N) is 2. The fourth-order valence-corrected chi connectivity index (χ4v) is 3.99. The van der Waals surface area contributed by atoms with Crippen LogP contribution in [0.5, 0.6) is 0 Å². The molecule has 2 aliphatic rings. The van der Waals surface area contributed by atoms with Crippen molar-refractivity contribution in [1.82, 2.24) is 16.0 Å². The van der Waals surface area contributed by atoms with Crippen LogP contribution in [0.25, 0.3) is 0 Å². The van der Waals surface area contributed by atoms with Gasteiger partial charge in [0.1, 0.15) is 0 Å². The number of hydrogen-bond donors (Lipinski definition) is 3. The molecule has 0 radical (unpaired) electrons. The van der Waals surface area contributed by atoms with Crippen molar-refractivity contribution in [3.05, 3.63) is 29.8 Å². The number of nitrogens with one attached hydrogen (secondary N) is 3. The molecule has 1 aromatic carbocycles. The van der Waals surface area contributed by atoms with Gasteiger partial charge in [-0.15, -0.1) is 24.0 Å². The van der Waals surface area contributed by atoms with E-state index in [1.54, 1.807) is 0 Å². The van der Waals surface area contributed by atoms with E-state index in [0.717, 1.165) is 36.8 Å². The fourth-order valence-electron chi connectivity index (χ4n) is 3.99. The molecule has 0 spiro atoms. The molecule has 0 unspecified atom stereocenters. The van der Waals surface area contributed by atoms with Crippen LogP contribution in [0.4, 0.5) is 5.69 Å². The molecule has 31 heavy (non-hydrogen) atoms. The molecule has 1 aliphatic heterocycles. The van der Waals surface area contributed by atoms with Gasteiger partial charge in [-0.3, -0.25) is 4.79 Å². The molecule has 1 aromatic rings. The molecule has 7 nitrogen and oxygen atoms in total. The van der Waals surface area contributed by atoms with Crippen LogP contribution >= 0.6 is 24.0 Å². The first-order chi connectivity index (χ1) is 14.7. The van der Waals surface area contributed by atoms with Gasteiger partial charge in [0.15, 0.2) is 5.96 Å². The minimum Gasteiger partial charge on any atom is -0.376 e. The third-order valence-corrected chi connectivity index (χ3v) is 5.65. The maximum Gasteiger partial charge on any atom is 0.239 e. The molecule has 1 aliphatic carbocycles. The fraction of sp³-hybridized carbons (Fsp3) is 0.652. The van der Waals surface area contributed by atoms with Gasteiger partial charge < -0.3 is 25.6 Å². The van der Waals surface area contributed by atoms with E-state index in [1.165, 1.54) is 38.5 Å². The smallest absolute Gasteiger partial charge is 0.239 e. The van der Waals surface area contributed by atoms with Gasteiger partial charge in [-0.05, 0) is 37.5 Å². The van der Waals surface area contributed by atoms with Gasteiger partial charge >= 0.3 is 0 Å². The highest BCUT2D eigenvalue weighted by molar-refractivity contribution is 14.0. The maximum atomic E-state index is 11.6. The van der Waals surface area contributed by atoms with Crippen molar-refractivity contribution >= 4 is 41.5 Å². The standard InChI is InChI=1S/C23H37N5O2.HI/c1-2-24-23(26-14-16-30-21-7-5-3-4-6-8-21)27-17-19-9-11-20(12-10-19)28-15-13-25-22(29)18-28;/h9-12,21H,2-8,13-18H2,1H3,(H,25,29)(H2,24,26,27);1H. The molecule has 0 bridgehead atoms. The van der Waals surface area contributed by atoms with Crippen molar-refractivity contribution in [3.63, 3.8) is 0 Å².